The van der Waals surface area contributed by atoms with Crippen LogP contribution in [0.4, 0.5) is 0 Å². The predicted octanol–water partition coefficient (Wildman–Crippen LogP) is 1.07. The van der Waals surface area contributed by atoms with Gasteiger partial charge in [-0.2, -0.15) is 0 Å². The summed E-state index contributed by atoms with van der Waals surface area (Å²) in [4.78, 5) is 2.34. The van der Waals surface area contributed by atoms with Gasteiger partial charge in [-0.15, -0.1) is 0 Å². The molecule has 1 aliphatic carbocycles. The summed E-state index contributed by atoms with van der Waals surface area (Å²) in [5.41, 5.74) is 0. The van der Waals surface area contributed by atoms with E-state index in [-0.39, 0.29) is 0 Å². The van der Waals surface area contributed by atoms with Crippen molar-refractivity contribution in [1.82, 2.24) is 15.5 Å². The molecule has 0 aromatic heterocycles. The van der Waals surface area contributed by atoms with Gasteiger partial charge in [0.25, 0.3) is 0 Å². The summed E-state index contributed by atoms with van der Waals surface area (Å²) < 4.78 is 5.11. The van der Waals surface area contributed by atoms with E-state index in [9.17, 15) is 0 Å². The van der Waals surface area contributed by atoms with Crippen LogP contribution in [0.1, 0.15) is 32.1 Å². The maximum absolute atomic E-state index is 5.11. The molecule has 0 amide bonds. The van der Waals surface area contributed by atoms with Gasteiger partial charge >= 0.3 is 0 Å². The quantitative estimate of drug-likeness (QED) is 0.691. The maximum Gasteiger partial charge on any atom is 0.0589 e. The minimum atomic E-state index is 0.742. The van der Waals surface area contributed by atoms with E-state index in [1.807, 2.05) is 0 Å². The highest BCUT2D eigenvalue weighted by Gasteiger charge is 2.34. The molecule has 4 nitrogen and oxygen atoms in total. The van der Waals surface area contributed by atoms with Crippen molar-refractivity contribution in [2.45, 2.75) is 44.2 Å². The Kier molecular flexibility index (Phi) is 6.57. The monoisotopic (exact) mass is 269 g/mol. The Bertz CT molecular complexity index is 244. The summed E-state index contributed by atoms with van der Waals surface area (Å²) in [7, 11) is 3.94. The summed E-state index contributed by atoms with van der Waals surface area (Å²) in [5, 5.41) is 7.48. The van der Waals surface area contributed by atoms with Gasteiger partial charge in [-0.25, -0.2) is 0 Å². The summed E-state index contributed by atoms with van der Waals surface area (Å²) in [6.07, 6.45) is 6.93. The van der Waals surface area contributed by atoms with Crippen LogP contribution in [0.2, 0.25) is 0 Å². The second-order valence-electron chi connectivity index (χ2n) is 6.15. The van der Waals surface area contributed by atoms with Crippen LogP contribution < -0.4 is 10.6 Å². The second-order valence-corrected chi connectivity index (χ2v) is 6.15. The molecule has 3 atom stereocenters. The summed E-state index contributed by atoms with van der Waals surface area (Å²) in [6, 6.07) is 1.53. The van der Waals surface area contributed by atoms with E-state index in [0.717, 1.165) is 44.2 Å². The largest absolute Gasteiger partial charge is 0.383 e. The zero-order valence-corrected chi connectivity index (χ0v) is 12.7. The van der Waals surface area contributed by atoms with E-state index in [2.05, 4.69) is 22.6 Å². The van der Waals surface area contributed by atoms with E-state index >= 15 is 0 Å². The van der Waals surface area contributed by atoms with Crippen molar-refractivity contribution in [3.05, 3.63) is 0 Å². The fourth-order valence-corrected chi connectivity index (χ4v) is 3.60. The molecule has 2 aliphatic rings. The third kappa shape index (κ3) is 4.71. The van der Waals surface area contributed by atoms with Crippen molar-refractivity contribution in [1.29, 1.82) is 0 Å². The van der Waals surface area contributed by atoms with Gasteiger partial charge in [-0.1, -0.05) is 6.42 Å². The van der Waals surface area contributed by atoms with Crippen LogP contribution in [0.5, 0.6) is 0 Å². The standard InChI is InChI=1S/C15H31N3O/c1-18(11-12-19-2)10-9-17-14-6-3-5-13(14)15-7-4-8-16-15/h13-17H,3-12H2,1-2H3. The van der Waals surface area contributed by atoms with Crippen molar-refractivity contribution >= 4 is 0 Å². The lowest BCUT2D eigenvalue weighted by molar-refractivity contribution is 0.160. The molecule has 1 aliphatic heterocycles. The van der Waals surface area contributed by atoms with Crippen LogP contribution in [0, 0.1) is 5.92 Å². The third-order valence-corrected chi connectivity index (χ3v) is 4.76. The highest BCUT2D eigenvalue weighted by Crippen LogP contribution is 2.31. The Hall–Kier alpha value is -0.160. The lowest BCUT2D eigenvalue weighted by Gasteiger charge is -2.27. The number of hydrogen-bond donors (Lipinski definition) is 2. The smallest absolute Gasteiger partial charge is 0.0589 e. The lowest BCUT2D eigenvalue weighted by Crippen LogP contribution is -2.44. The first-order valence-electron chi connectivity index (χ1n) is 7.95. The molecule has 0 spiro atoms. The third-order valence-electron chi connectivity index (χ3n) is 4.76. The van der Waals surface area contributed by atoms with Crippen LogP contribution in [0.15, 0.2) is 0 Å². The van der Waals surface area contributed by atoms with Gasteiger partial charge in [0.15, 0.2) is 0 Å². The Labute approximate surface area is 118 Å². The molecule has 0 bridgehead atoms. The molecule has 2 N–H and O–H groups in total. The van der Waals surface area contributed by atoms with Gasteiger partial charge < -0.3 is 20.3 Å². The van der Waals surface area contributed by atoms with Gasteiger partial charge in [0, 0.05) is 38.8 Å². The van der Waals surface area contributed by atoms with Crippen LogP contribution in [0.25, 0.3) is 0 Å². The zero-order chi connectivity index (χ0) is 13.5. The molecule has 0 aromatic carbocycles. The number of rotatable bonds is 8. The van der Waals surface area contributed by atoms with Gasteiger partial charge in [0.1, 0.15) is 0 Å². The van der Waals surface area contributed by atoms with Crippen molar-refractivity contribution in [3.8, 4) is 0 Å². The summed E-state index contributed by atoms with van der Waals surface area (Å²) in [6.45, 7) is 5.30. The van der Waals surface area contributed by atoms with E-state index in [4.69, 9.17) is 4.74 Å². The first kappa shape index (κ1) is 15.2. The molecule has 1 saturated heterocycles. The minimum absolute atomic E-state index is 0.742. The molecule has 0 aromatic rings. The number of methoxy groups -OCH3 is 1. The molecule has 112 valence electrons. The van der Waals surface area contributed by atoms with Gasteiger partial charge in [0.2, 0.25) is 0 Å². The van der Waals surface area contributed by atoms with Crippen molar-refractivity contribution < 1.29 is 4.74 Å². The Morgan fingerprint density at radius 2 is 2.11 bits per heavy atom. The van der Waals surface area contributed by atoms with Crippen molar-refractivity contribution in [3.63, 3.8) is 0 Å². The molecule has 4 heteroatoms. The zero-order valence-electron chi connectivity index (χ0n) is 12.7. The lowest BCUT2D eigenvalue weighted by atomic mass is 9.93. The topological polar surface area (TPSA) is 36.5 Å². The molecule has 3 unspecified atom stereocenters. The molecule has 1 heterocycles. The highest BCUT2D eigenvalue weighted by molar-refractivity contribution is 4.93. The van der Waals surface area contributed by atoms with Crippen molar-refractivity contribution in [2.24, 2.45) is 5.92 Å². The molecule has 19 heavy (non-hydrogen) atoms. The Balaban J connectivity index is 1.64. The van der Waals surface area contributed by atoms with Gasteiger partial charge in [-0.05, 0) is 45.2 Å². The average molecular weight is 269 g/mol. The molecular formula is C15H31N3O. The minimum Gasteiger partial charge on any atom is -0.383 e. The Morgan fingerprint density at radius 3 is 2.84 bits per heavy atom. The molecule has 2 fully saturated rings. The molecule has 0 radical (unpaired) electrons. The van der Waals surface area contributed by atoms with Crippen LogP contribution in [-0.4, -0.2) is 63.9 Å². The fraction of sp³-hybridized carbons (Fsp3) is 1.00. The van der Waals surface area contributed by atoms with E-state index in [1.165, 1.54) is 38.6 Å². The normalized spacial score (nSPS) is 31.4. The maximum atomic E-state index is 5.11. The van der Waals surface area contributed by atoms with E-state index < -0.39 is 0 Å². The molecular weight excluding hydrogens is 238 g/mol. The van der Waals surface area contributed by atoms with Crippen LogP contribution in [0.3, 0.4) is 0 Å². The number of ether oxygens (including phenoxy) is 1. The first-order chi connectivity index (χ1) is 9.31. The number of nitrogens with zero attached hydrogens (tertiary/aromatic N) is 1. The van der Waals surface area contributed by atoms with Crippen molar-refractivity contribution in [2.75, 3.05) is 46.9 Å². The fourth-order valence-electron chi connectivity index (χ4n) is 3.60. The Morgan fingerprint density at radius 1 is 1.21 bits per heavy atom. The number of nitrogens with one attached hydrogen (secondary N) is 2. The average Bonchev–Trinajstić information content (AvgIpc) is 3.06. The van der Waals surface area contributed by atoms with E-state index in [0.29, 0.717) is 0 Å². The van der Waals surface area contributed by atoms with Crippen LogP contribution in [-0.2, 0) is 4.74 Å². The molecule has 1 saturated carbocycles. The molecule has 2 rings (SSSR count). The van der Waals surface area contributed by atoms with Crippen LogP contribution >= 0.6 is 0 Å². The first-order valence-corrected chi connectivity index (χ1v) is 7.95. The van der Waals surface area contributed by atoms with E-state index in [1.54, 1.807) is 7.11 Å². The number of likely N-dealkylation sites (N-methyl/N-ethyl adjacent to an activating group) is 1. The van der Waals surface area contributed by atoms with Gasteiger partial charge in [-0.3, -0.25) is 0 Å². The SMILES string of the molecule is COCCN(C)CCNC1CCCC1C1CCCN1. The summed E-state index contributed by atoms with van der Waals surface area (Å²) >= 11 is 0. The highest BCUT2D eigenvalue weighted by atomic mass is 16.5. The number of hydrogen-bond acceptors (Lipinski definition) is 4. The predicted molar refractivity (Wildman–Crippen MR) is 79.5 cm³/mol. The second kappa shape index (κ2) is 8.20. The summed E-state index contributed by atoms with van der Waals surface area (Å²) in [5.74, 6) is 0.867. The van der Waals surface area contributed by atoms with Gasteiger partial charge in [0.05, 0.1) is 6.61 Å².